The zero-order chi connectivity index (χ0) is 20.0. The second-order valence-corrected chi connectivity index (χ2v) is 5.74. The van der Waals surface area contributed by atoms with Gasteiger partial charge in [0.1, 0.15) is 11.8 Å². The van der Waals surface area contributed by atoms with Crippen LogP contribution in [0.25, 0.3) is 0 Å². The third-order valence-corrected chi connectivity index (χ3v) is 3.49. The molecule has 9 heteroatoms. The molecule has 0 radical (unpaired) electrons. The van der Waals surface area contributed by atoms with Gasteiger partial charge < -0.3 is 15.4 Å². The number of aromatic nitrogens is 1. The first-order chi connectivity index (χ1) is 12.7. The van der Waals surface area contributed by atoms with Crippen molar-refractivity contribution in [1.29, 1.82) is 0 Å². The normalized spacial score (nSPS) is 12.2. The number of hydrogen-bond acceptors (Lipinski definition) is 4. The standard InChI is InChI=1S/C18H18F3N3O3/c1-11(24-12(2)25)16(26)23-10-13-5-4-8-22-17(13)27-15-7-3-6-14(9-15)18(19,20)21/h3-9,11H,10H2,1-2H3,(H,23,26)(H,24,25)/t11-/m1/s1. The van der Waals surface area contributed by atoms with Crippen molar-refractivity contribution in [2.45, 2.75) is 32.6 Å². The van der Waals surface area contributed by atoms with Gasteiger partial charge in [-0.25, -0.2) is 4.98 Å². The first-order valence-electron chi connectivity index (χ1n) is 8.00. The Balaban J connectivity index is 2.10. The van der Waals surface area contributed by atoms with E-state index in [0.29, 0.717) is 5.56 Å². The van der Waals surface area contributed by atoms with Crippen molar-refractivity contribution in [1.82, 2.24) is 15.6 Å². The van der Waals surface area contributed by atoms with Crippen LogP contribution in [-0.4, -0.2) is 22.8 Å². The summed E-state index contributed by atoms with van der Waals surface area (Å²) in [4.78, 5) is 27.0. The summed E-state index contributed by atoms with van der Waals surface area (Å²) in [7, 11) is 0. The highest BCUT2D eigenvalue weighted by Crippen LogP contribution is 2.32. The van der Waals surface area contributed by atoms with Crippen LogP contribution < -0.4 is 15.4 Å². The number of benzene rings is 1. The van der Waals surface area contributed by atoms with Crippen LogP contribution in [-0.2, 0) is 22.3 Å². The van der Waals surface area contributed by atoms with Gasteiger partial charge in [-0.1, -0.05) is 12.1 Å². The van der Waals surface area contributed by atoms with E-state index >= 15 is 0 Å². The van der Waals surface area contributed by atoms with E-state index in [1.165, 1.54) is 32.2 Å². The van der Waals surface area contributed by atoms with Crippen LogP contribution in [0.5, 0.6) is 11.6 Å². The number of alkyl halides is 3. The molecule has 27 heavy (non-hydrogen) atoms. The summed E-state index contributed by atoms with van der Waals surface area (Å²) in [6.07, 6.45) is -3.06. The van der Waals surface area contributed by atoms with Gasteiger partial charge in [-0.3, -0.25) is 9.59 Å². The van der Waals surface area contributed by atoms with Crippen molar-refractivity contribution >= 4 is 11.8 Å². The lowest BCUT2D eigenvalue weighted by atomic mass is 10.2. The van der Waals surface area contributed by atoms with E-state index in [0.717, 1.165) is 12.1 Å². The van der Waals surface area contributed by atoms with E-state index < -0.39 is 23.7 Å². The molecule has 0 spiro atoms. The third-order valence-electron chi connectivity index (χ3n) is 3.49. The molecule has 0 unspecified atom stereocenters. The van der Waals surface area contributed by atoms with Crippen LogP contribution in [0.15, 0.2) is 42.6 Å². The highest BCUT2D eigenvalue weighted by atomic mass is 19.4. The van der Waals surface area contributed by atoms with Gasteiger partial charge in [0.2, 0.25) is 17.7 Å². The minimum Gasteiger partial charge on any atom is -0.439 e. The molecule has 2 N–H and O–H groups in total. The molecule has 2 rings (SSSR count). The van der Waals surface area contributed by atoms with Crippen LogP contribution >= 0.6 is 0 Å². The number of nitrogens with zero attached hydrogens (tertiary/aromatic N) is 1. The molecule has 0 aliphatic heterocycles. The third kappa shape index (κ3) is 5.98. The van der Waals surface area contributed by atoms with Gasteiger partial charge in [0.25, 0.3) is 0 Å². The monoisotopic (exact) mass is 381 g/mol. The smallest absolute Gasteiger partial charge is 0.416 e. The van der Waals surface area contributed by atoms with Gasteiger partial charge in [0, 0.05) is 25.2 Å². The molecule has 2 aromatic rings. The fourth-order valence-corrected chi connectivity index (χ4v) is 2.20. The van der Waals surface area contributed by atoms with Crippen molar-refractivity contribution in [2.75, 3.05) is 0 Å². The van der Waals surface area contributed by atoms with E-state index in [2.05, 4.69) is 15.6 Å². The maximum absolute atomic E-state index is 12.8. The minimum absolute atomic E-state index is 0.0253. The number of carbonyl (C=O) groups excluding carboxylic acids is 2. The Morgan fingerprint density at radius 1 is 1.22 bits per heavy atom. The minimum atomic E-state index is -4.49. The number of nitrogens with one attached hydrogen (secondary N) is 2. The van der Waals surface area contributed by atoms with E-state index in [-0.39, 0.29) is 24.1 Å². The number of pyridine rings is 1. The molecule has 1 heterocycles. The molecule has 1 aromatic heterocycles. The highest BCUT2D eigenvalue weighted by Gasteiger charge is 2.30. The first-order valence-corrected chi connectivity index (χ1v) is 8.00. The van der Waals surface area contributed by atoms with Crippen LogP contribution in [0.3, 0.4) is 0 Å². The molecule has 0 fully saturated rings. The molecule has 0 aliphatic carbocycles. The van der Waals surface area contributed by atoms with E-state index in [1.807, 2.05) is 0 Å². The van der Waals surface area contributed by atoms with Crippen molar-refractivity contribution in [3.05, 3.63) is 53.7 Å². The van der Waals surface area contributed by atoms with E-state index in [1.54, 1.807) is 12.1 Å². The van der Waals surface area contributed by atoms with Crippen LogP contribution in [0.1, 0.15) is 25.0 Å². The number of hydrogen-bond donors (Lipinski definition) is 2. The van der Waals surface area contributed by atoms with Crippen molar-refractivity contribution in [3.8, 4) is 11.6 Å². The van der Waals surface area contributed by atoms with Gasteiger partial charge in [0.15, 0.2) is 0 Å². The summed E-state index contributed by atoms with van der Waals surface area (Å²) in [6.45, 7) is 2.86. The molecule has 2 amide bonds. The quantitative estimate of drug-likeness (QED) is 0.806. The Kier molecular flexibility index (Phi) is 6.38. The molecule has 0 aliphatic rings. The van der Waals surface area contributed by atoms with Gasteiger partial charge in [-0.15, -0.1) is 0 Å². The van der Waals surface area contributed by atoms with Crippen LogP contribution in [0.4, 0.5) is 13.2 Å². The fraction of sp³-hybridized carbons (Fsp3) is 0.278. The Morgan fingerprint density at radius 2 is 1.96 bits per heavy atom. The van der Waals surface area contributed by atoms with Crippen molar-refractivity contribution in [2.24, 2.45) is 0 Å². The fourth-order valence-electron chi connectivity index (χ4n) is 2.20. The van der Waals surface area contributed by atoms with Gasteiger partial charge in [-0.05, 0) is 31.2 Å². The van der Waals surface area contributed by atoms with Crippen LogP contribution in [0.2, 0.25) is 0 Å². The Labute approximate surface area is 153 Å². The topological polar surface area (TPSA) is 80.3 Å². The molecule has 1 aromatic carbocycles. The SMILES string of the molecule is CC(=O)N[C@H](C)C(=O)NCc1cccnc1Oc1cccc(C(F)(F)F)c1. The number of rotatable bonds is 6. The Bertz CT molecular complexity index is 825. The second-order valence-electron chi connectivity index (χ2n) is 5.74. The summed E-state index contributed by atoms with van der Waals surface area (Å²) in [5.41, 5.74) is -0.367. The lowest BCUT2D eigenvalue weighted by Crippen LogP contribution is -2.43. The predicted octanol–water partition coefficient (Wildman–Crippen LogP) is 3.03. The number of ether oxygens (including phenoxy) is 1. The number of halogens is 3. The van der Waals surface area contributed by atoms with E-state index in [4.69, 9.17) is 4.74 Å². The highest BCUT2D eigenvalue weighted by molar-refractivity contribution is 5.86. The summed E-state index contributed by atoms with van der Waals surface area (Å²) >= 11 is 0. The molecule has 0 saturated heterocycles. The molecule has 1 atom stereocenters. The summed E-state index contributed by atoms with van der Waals surface area (Å²) in [5, 5.41) is 5.06. The average molecular weight is 381 g/mol. The molecular weight excluding hydrogens is 363 g/mol. The van der Waals surface area contributed by atoms with Crippen LogP contribution in [0, 0.1) is 0 Å². The van der Waals surface area contributed by atoms with Gasteiger partial charge in [0.05, 0.1) is 5.56 Å². The van der Waals surface area contributed by atoms with Crippen molar-refractivity contribution < 1.29 is 27.5 Å². The Morgan fingerprint density at radius 3 is 2.63 bits per heavy atom. The summed E-state index contributed by atoms with van der Waals surface area (Å²) in [5.74, 6) is -0.710. The predicted molar refractivity (Wildman–Crippen MR) is 90.9 cm³/mol. The largest absolute Gasteiger partial charge is 0.439 e. The average Bonchev–Trinajstić information content (AvgIpc) is 2.59. The maximum atomic E-state index is 12.8. The zero-order valence-electron chi connectivity index (χ0n) is 14.6. The number of carbonyl (C=O) groups is 2. The van der Waals surface area contributed by atoms with Gasteiger partial charge in [-0.2, -0.15) is 13.2 Å². The van der Waals surface area contributed by atoms with Crippen molar-refractivity contribution in [3.63, 3.8) is 0 Å². The summed E-state index contributed by atoms with van der Waals surface area (Å²) < 4.78 is 43.9. The molecule has 0 saturated carbocycles. The lowest BCUT2D eigenvalue weighted by Gasteiger charge is -2.15. The zero-order valence-corrected chi connectivity index (χ0v) is 14.6. The Hall–Kier alpha value is -3.10. The number of amides is 2. The molecule has 0 bridgehead atoms. The maximum Gasteiger partial charge on any atom is 0.416 e. The molecular formula is C18H18F3N3O3. The molecule has 144 valence electrons. The van der Waals surface area contributed by atoms with Gasteiger partial charge >= 0.3 is 6.18 Å². The summed E-state index contributed by atoms with van der Waals surface area (Å²) in [6, 6.07) is 6.93. The molecule has 6 nitrogen and oxygen atoms in total. The second kappa shape index (κ2) is 8.52. The lowest BCUT2D eigenvalue weighted by molar-refractivity contribution is -0.137. The first kappa shape index (κ1) is 20.2. The van der Waals surface area contributed by atoms with E-state index in [9.17, 15) is 22.8 Å².